The van der Waals surface area contributed by atoms with Crippen LogP contribution in [0.3, 0.4) is 0 Å². The van der Waals surface area contributed by atoms with Crippen LogP contribution in [0.1, 0.15) is 59.9 Å². The number of carbonyl (C=O) groups excluding carboxylic acids is 3. The molecule has 2 aromatic carbocycles. The number of carboxylic acids is 1. The van der Waals surface area contributed by atoms with Crippen molar-refractivity contribution in [3.8, 4) is 0 Å². The van der Waals surface area contributed by atoms with Crippen molar-refractivity contribution in [1.82, 2.24) is 10.0 Å². The number of amides is 1. The van der Waals surface area contributed by atoms with Crippen LogP contribution in [0.15, 0.2) is 76.0 Å². The SMILES string of the molecule is CCOC(=O)C1=C(C)NC(C)=C(C(=O)OCC)C1c1ccc(C(=O)NS(=O)(=O)c2ccc(C(=O)O)cc2)cc1. The molecule has 0 radical (unpaired) electrons. The number of carbonyl (C=O) groups is 4. The molecule has 1 amide bonds. The molecule has 0 unspecified atom stereocenters. The summed E-state index contributed by atoms with van der Waals surface area (Å²) in [4.78, 5) is 49.3. The Balaban J connectivity index is 1.94. The lowest BCUT2D eigenvalue weighted by Crippen LogP contribution is -2.33. The highest BCUT2D eigenvalue weighted by atomic mass is 32.2. The zero-order chi connectivity index (χ0) is 28.9. The Hall–Kier alpha value is -4.45. The van der Waals surface area contributed by atoms with Gasteiger partial charge in [0.2, 0.25) is 0 Å². The van der Waals surface area contributed by atoms with Gasteiger partial charge in [-0.3, -0.25) is 4.79 Å². The monoisotopic (exact) mass is 556 g/mol. The molecule has 0 saturated carbocycles. The van der Waals surface area contributed by atoms with Gasteiger partial charge in [0.1, 0.15) is 0 Å². The van der Waals surface area contributed by atoms with E-state index in [1.807, 2.05) is 4.72 Å². The fraction of sp³-hybridized carbons (Fsp3) is 0.259. The second kappa shape index (κ2) is 11.9. The molecule has 12 heteroatoms. The van der Waals surface area contributed by atoms with Gasteiger partial charge >= 0.3 is 17.9 Å². The van der Waals surface area contributed by atoms with E-state index in [1.165, 1.54) is 24.3 Å². The van der Waals surface area contributed by atoms with Gasteiger partial charge in [-0.2, -0.15) is 0 Å². The lowest BCUT2D eigenvalue weighted by Gasteiger charge is -2.30. The van der Waals surface area contributed by atoms with Crippen LogP contribution in [-0.4, -0.2) is 50.6 Å². The molecule has 1 aliphatic heterocycles. The van der Waals surface area contributed by atoms with E-state index in [2.05, 4.69) is 5.32 Å². The summed E-state index contributed by atoms with van der Waals surface area (Å²) in [6.45, 7) is 6.92. The summed E-state index contributed by atoms with van der Waals surface area (Å²) in [5.41, 5.74) is 1.76. The van der Waals surface area contributed by atoms with Crippen LogP contribution in [0.25, 0.3) is 0 Å². The van der Waals surface area contributed by atoms with Gasteiger partial charge in [0.25, 0.3) is 15.9 Å². The highest BCUT2D eigenvalue weighted by Gasteiger charge is 2.38. The van der Waals surface area contributed by atoms with Gasteiger partial charge in [0.15, 0.2) is 0 Å². The Morgan fingerprint density at radius 1 is 0.821 bits per heavy atom. The van der Waals surface area contributed by atoms with Crippen molar-refractivity contribution >= 4 is 33.8 Å². The van der Waals surface area contributed by atoms with Gasteiger partial charge in [0.05, 0.1) is 40.7 Å². The van der Waals surface area contributed by atoms with Crippen LogP contribution >= 0.6 is 0 Å². The molecule has 3 N–H and O–H groups in total. The number of benzene rings is 2. The summed E-state index contributed by atoms with van der Waals surface area (Å²) in [5.74, 6) is -4.25. The average molecular weight is 557 g/mol. The number of hydrogen-bond acceptors (Lipinski definition) is 9. The zero-order valence-electron chi connectivity index (χ0n) is 21.7. The predicted octanol–water partition coefficient (Wildman–Crippen LogP) is 2.86. The molecule has 0 aliphatic carbocycles. The third-order valence-corrected chi connectivity index (χ3v) is 7.24. The molecule has 0 spiro atoms. The smallest absolute Gasteiger partial charge is 0.336 e. The summed E-state index contributed by atoms with van der Waals surface area (Å²) < 4.78 is 37.7. The summed E-state index contributed by atoms with van der Waals surface area (Å²) >= 11 is 0. The van der Waals surface area contributed by atoms with Crippen LogP contribution in [0.4, 0.5) is 0 Å². The maximum atomic E-state index is 12.9. The Kier molecular flexibility index (Phi) is 8.92. The number of esters is 2. The Morgan fingerprint density at radius 3 is 1.72 bits per heavy atom. The number of dihydropyridines is 1. The van der Waals surface area contributed by atoms with Crippen LogP contribution in [0.2, 0.25) is 0 Å². The first-order valence-corrected chi connectivity index (χ1v) is 13.4. The molecule has 11 nitrogen and oxygen atoms in total. The van der Waals surface area contributed by atoms with Gasteiger partial charge in [-0.05, 0) is 69.7 Å². The van der Waals surface area contributed by atoms with E-state index < -0.39 is 39.8 Å². The van der Waals surface area contributed by atoms with Gasteiger partial charge in [0, 0.05) is 17.0 Å². The number of ether oxygens (including phenoxy) is 2. The number of rotatable bonds is 9. The zero-order valence-corrected chi connectivity index (χ0v) is 22.5. The molecule has 39 heavy (non-hydrogen) atoms. The van der Waals surface area contributed by atoms with E-state index in [0.29, 0.717) is 17.0 Å². The molecule has 0 aromatic heterocycles. The van der Waals surface area contributed by atoms with Crippen LogP contribution in [0, 0.1) is 0 Å². The molecule has 1 heterocycles. The molecular weight excluding hydrogens is 528 g/mol. The summed E-state index contributed by atoms with van der Waals surface area (Å²) in [6.07, 6.45) is 0. The number of sulfonamides is 1. The third-order valence-electron chi connectivity index (χ3n) is 5.90. The molecular formula is C27H28N2O9S. The van der Waals surface area contributed by atoms with Gasteiger partial charge in [-0.25, -0.2) is 27.5 Å². The van der Waals surface area contributed by atoms with E-state index >= 15 is 0 Å². The average Bonchev–Trinajstić information content (AvgIpc) is 2.88. The van der Waals surface area contributed by atoms with Crippen LogP contribution in [-0.2, 0) is 29.1 Å². The van der Waals surface area contributed by atoms with Crippen molar-refractivity contribution in [2.24, 2.45) is 0 Å². The Labute approximate surface area is 225 Å². The van der Waals surface area contributed by atoms with E-state index in [-0.39, 0.29) is 40.4 Å². The maximum absolute atomic E-state index is 12.9. The Bertz CT molecular complexity index is 1430. The normalized spacial score (nSPS) is 13.9. The molecule has 0 fully saturated rings. The lowest BCUT2D eigenvalue weighted by molar-refractivity contribution is -0.139. The van der Waals surface area contributed by atoms with Crippen molar-refractivity contribution < 1.29 is 42.2 Å². The van der Waals surface area contributed by atoms with Gasteiger partial charge in [-0.15, -0.1) is 0 Å². The number of nitrogens with one attached hydrogen (secondary N) is 2. The quantitative estimate of drug-likeness (QED) is 0.391. The van der Waals surface area contributed by atoms with E-state index in [1.54, 1.807) is 27.7 Å². The predicted molar refractivity (Wildman–Crippen MR) is 139 cm³/mol. The maximum Gasteiger partial charge on any atom is 0.336 e. The molecule has 0 saturated heterocycles. The highest BCUT2D eigenvalue weighted by Crippen LogP contribution is 2.39. The van der Waals surface area contributed by atoms with Crippen LogP contribution < -0.4 is 10.0 Å². The minimum Gasteiger partial charge on any atom is -0.478 e. The van der Waals surface area contributed by atoms with Gasteiger partial charge in [-0.1, -0.05) is 12.1 Å². The van der Waals surface area contributed by atoms with E-state index in [9.17, 15) is 27.6 Å². The minimum absolute atomic E-state index is 0.00446. The summed E-state index contributed by atoms with van der Waals surface area (Å²) in [5, 5.41) is 12.0. The fourth-order valence-electron chi connectivity index (χ4n) is 4.13. The summed E-state index contributed by atoms with van der Waals surface area (Å²) in [7, 11) is -4.29. The van der Waals surface area contributed by atoms with Gasteiger partial charge < -0.3 is 19.9 Å². The molecule has 2 aromatic rings. The number of carboxylic acid groups (broad SMARTS) is 1. The summed E-state index contributed by atoms with van der Waals surface area (Å²) in [6, 6.07) is 10.1. The first-order chi connectivity index (χ1) is 18.4. The minimum atomic E-state index is -4.29. The second-order valence-corrected chi connectivity index (χ2v) is 10.1. The standard InChI is InChI=1S/C27H28N2O9S/c1-5-37-26(33)21-15(3)28-16(4)22(27(34)38-6-2)23(21)17-7-9-18(10-8-17)24(30)29-39(35,36)20-13-11-19(12-14-20)25(31)32/h7-14,23,28H,5-6H2,1-4H3,(H,29,30)(H,31,32). The molecule has 3 rings (SSSR count). The fourth-order valence-corrected chi connectivity index (χ4v) is 5.10. The molecule has 206 valence electrons. The molecule has 1 aliphatic rings. The second-order valence-electron chi connectivity index (χ2n) is 8.46. The van der Waals surface area contributed by atoms with Crippen LogP contribution in [0.5, 0.6) is 0 Å². The number of hydrogen-bond donors (Lipinski definition) is 3. The van der Waals surface area contributed by atoms with Crippen molar-refractivity contribution in [2.75, 3.05) is 13.2 Å². The number of allylic oxidation sites excluding steroid dienone is 2. The van der Waals surface area contributed by atoms with Crippen molar-refractivity contribution in [3.05, 3.63) is 87.8 Å². The highest BCUT2D eigenvalue weighted by molar-refractivity contribution is 7.90. The first-order valence-electron chi connectivity index (χ1n) is 11.9. The van der Waals surface area contributed by atoms with Crippen molar-refractivity contribution in [2.45, 2.75) is 38.5 Å². The number of aromatic carboxylic acids is 1. The largest absolute Gasteiger partial charge is 0.478 e. The van der Waals surface area contributed by atoms with Crippen molar-refractivity contribution in [1.29, 1.82) is 0 Å². The van der Waals surface area contributed by atoms with E-state index in [0.717, 1.165) is 24.3 Å². The molecule has 0 atom stereocenters. The Morgan fingerprint density at radius 2 is 1.28 bits per heavy atom. The van der Waals surface area contributed by atoms with E-state index in [4.69, 9.17) is 14.6 Å². The topological polar surface area (TPSA) is 165 Å². The first kappa shape index (κ1) is 29.1. The third kappa shape index (κ3) is 6.34. The lowest BCUT2D eigenvalue weighted by atomic mass is 9.80. The molecule has 0 bridgehead atoms. The van der Waals surface area contributed by atoms with Crippen molar-refractivity contribution in [3.63, 3.8) is 0 Å².